The van der Waals surface area contributed by atoms with E-state index < -0.39 is 0 Å². The lowest BCUT2D eigenvalue weighted by Gasteiger charge is -1.98. The summed E-state index contributed by atoms with van der Waals surface area (Å²) in [4.78, 5) is 17.1. The first-order valence-corrected chi connectivity index (χ1v) is 6.94. The highest BCUT2D eigenvalue weighted by molar-refractivity contribution is 7.07. The second-order valence-corrected chi connectivity index (χ2v) is 5.67. The van der Waals surface area contributed by atoms with Crippen molar-refractivity contribution in [1.82, 2.24) is 4.57 Å². The standard InChI is InChI=1S/C12H8Cl2N2OS/c13-8-3-1-2-7(10(8)14)6-9-11(17)16-5-4-15-12(16)18-9/h1-3,6H,4-5H2/b9-6+. The van der Waals surface area contributed by atoms with Crippen molar-refractivity contribution in [2.24, 2.45) is 4.99 Å². The number of hydrogen-bond acceptors (Lipinski definition) is 3. The summed E-state index contributed by atoms with van der Waals surface area (Å²) in [6.45, 7) is 1.36. The van der Waals surface area contributed by atoms with Gasteiger partial charge in [0.05, 0.1) is 21.1 Å². The van der Waals surface area contributed by atoms with Crippen LogP contribution in [0, 0.1) is 0 Å². The van der Waals surface area contributed by atoms with Crippen LogP contribution in [-0.4, -0.2) is 11.1 Å². The highest BCUT2D eigenvalue weighted by Gasteiger charge is 2.10. The number of hydrogen-bond donors (Lipinski definition) is 0. The Bertz CT molecular complexity index is 791. The molecule has 0 bridgehead atoms. The molecule has 0 N–H and O–H groups in total. The fraction of sp³-hybridized carbons (Fsp3) is 0.167. The van der Waals surface area contributed by atoms with Gasteiger partial charge in [-0.2, -0.15) is 0 Å². The Morgan fingerprint density at radius 3 is 3.00 bits per heavy atom. The van der Waals surface area contributed by atoms with E-state index in [1.807, 2.05) is 12.1 Å². The first-order valence-electron chi connectivity index (χ1n) is 5.36. The Morgan fingerprint density at radius 1 is 1.39 bits per heavy atom. The van der Waals surface area contributed by atoms with Gasteiger partial charge in [-0.15, -0.1) is 0 Å². The topological polar surface area (TPSA) is 34.4 Å². The van der Waals surface area contributed by atoms with Gasteiger partial charge in [0.2, 0.25) is 0 Å². The Labute approximate surface area is 117 Å². The number of halogens is 2. The van der Waals surface area contributed by atoms with Crippen LogP contribution in [0.4, 0.5) is 0 Å². The molecule has 0 spiro atoms. The van der Waals surface area contributed by atoms with Crippen molar-refractivity contribution in [3.05, 3.63) is 53.5 Å². The highest BCUT2D eigenvalue weighted by Crippen LogP contribution is 2.25. The molecule has 0 saturated carbocycles. The molecule has 0 fully saturated rings. The molecule has 0 atom stereocenters. The van der Waals surface area contributed by atoms with Crippen molar-refractivity contribution in [3.63, 3.8) is 0 Å². The van der Waals surface area contributed by atoms with E-state index in [9.17, 15) is 4.79 Å². The molecule has 0 radical (unpaired) electrons. The van der Waals surface area contributed by atoms with Gasteiger partial charge in [0.25, 0.3) is 5.56 Å². The third-order valence-electron chi connectivity index (χ3n) is 2.73. The summed E-state index contributed by atoms with van der Waals surface area (Å²) in [6.07, 6.45) is 1.77. The van der Waals surface area contributed by atoms with Gasteiger partial charge in [0.15, 0.2) is 4.80 Å². The van der Waals surface area contributed by atoms with Gasteiger partial charge < -0.3 is 0 Å². The summed E-state index contributed by atoms with van der Waals surface area (Å²) in [5.41, 5.74) is 0.745. The van der Waals surface area contributed by atoms with Gasteiger partial charge in [-0.05, 0) is 17.7 Å². The summed E-state index contributed by atoms with van der Waals surface area (Å²) in [5, 5.41) is 0.952. The Morgan fingerprint density at radius 2 is 2.22 bits per heavy atom. The molecule has 0 unspecified atom stereocenters. The normalized spacial score (nSPS) is 14.7. The summed E-state index contributed by atoms with van der Waals surface area (Å²) < 4.78 is 2.33. The molecule has 0 saturated heterocycles. The van der Waals surface area contributed by atoms with Crippen LogP contribution in [0.2, 0.25) is 10.0 Å². The number of aromatic nitrogens is 1. The lowest BCUT2D eigenvalue weighted by molar-refractivity contribution is 0.740. The van der Waals surface area contributed by atoms with E-state index in [2.05, 4.69) is 4.99 Å². The van der Waals surface area contributed by atoms with E-state index in [-0.39, 0.29) is 5.56 Å². The van der Waals surface area contributed by atoms with E-state index in [1.54, 1.807) is 16.7 Å². The zero-order valence-electron chi connectivity index (χ0n) is 9.19. The minimum atomic E-state index is -0.00714. The summed E-state index contributed by atoms with van der Waals surface area (Å²) in [5.74, 6) is 0. The molecule has 6 heteroatoms. The second-order valence-electron chi connectivity index (χ2n) is 3.87. The maximum Gasteiger partial charge on any atom is 0.270 e. The molecule has 0 aliphatic carbocycles. The van der Waals surface area contributed by atoms with Crippen molar-refractivity contribution in [1.29, 1.82) is 0 Å². The fourth-order valence-electron chi connectivity index (χ4n) is 1.84. The SMILES string of the molecule is O=c1/c(=C\c2cccc(Cl)c2Cl)sc2n1CCN=2. The smallest absolute Gasteiger partial charge is 0.270 e. The molecule has 3 nitrogen and oxygen atoms in total. The quantitative estimate of drug-likeness (QED) is 0.789. The molecule has 18 heavy (non-hydrogen) atoms. The zero-order chi connectivity index (χ0) is 12.7. The summed E-state index contributed by atoms with van der Waals surface area (Å²) in [7, 11) is 0. The van der Waals surface area contributed by atoms with Crippen molar-refractivity contribution in [3.8, 4) is 0 Å². The van der Waals surface area contributed by atoms with Crippen LogP contribution in [0.1, 0.15) is 5.56 Å². The summed E-state index contributed by atoms with van der Waals surface area (Å²) in [6, 6.07) is 5.36. The molecular formula is C12H8Cl2N2OS. The third kappa shape index (κ3) is 1.90. The average molecular weight is 299 g/mol. The predicted molar refractivity (Wildman–Crippen MR) is 74.3 cm³/mol. The average Bonchev–Trinajstić information content (AvgIpc) is 2.90. The molecule has 1 aromatic carbocycles. The number of benzene rings is 1. The summed E-state index contributed by atoms with van der Waals surface area (Å²) >= 11 is 13.4. The van der Waals surface area contributed by atoms with Crippen LogP contribution in [-0.2, 0) is 6.54 Å². The minimum absolute atomic E-state index is 0.00714. The zero-order valence-corrected chi connectivity index (χ0v) is 11.5. The van der Waals surface area contributed by atoms with Gasteiger partial charge >= 0.3 is 0 Å². The molecule has 1 aromatic heterocycles. The number of rotatable bonds is 1. The van der Waals surface area contributed by atoms with Gasteiger partial charge in [-0.25, -0.2) is 0 Å². The van der Waals surface area contributed by atoms with Gasteiger partial charge in [0.1, 0.15) is 0 Å². The van der Waals surface area contributed by atoms with E-state index in [4.69, 9.17) is 23.2 Å². The number of thiazole rings is 1. The van der Waals surface area contributed by atoms with Crippen molar-refractivity contribution in [2.75, 3.05) is 6.54 Å². The molecule has 1 aliphatic heterocycles. The van der Waals surface area contributed by atoms with E-state index in [1.165, 1.54) is 11.3 Å². The number of nitrogens with zero attached hydrogens (tertiary/aromatic N) is 2. The van der Waals surface area contributed by atoms with Crippen molar-refractivity contribution in [2.45, 2.75) is 6.54 Å². The highest BCUT2D eigenvalue weighted by atomic mass is 35.5. The van der Waals surface area contributed by atoms with Crippen LogP contribution >= 0.6 is 34.5 Å². The first kappa shape index (κ1) is 12.0. The largest absolute Gasteiger partial charge is 0.282 e. The molecule has 2 heterocycles. The van der Waals surface area contributed by atoms with E-state index >= 15 is 0 Å². The van der Waals surface area contributed by atoms with Gasteiger partial charge in [-0.1, -0.05) is 46.7 Å². The Balaban J connectivity index is 2.24. The maximum absolute atomic E-state index is 12.1. The molecule has 1 aliphatic rings. The third-order valence-corrected chi connectivity index (χ3v) is 4.60. The molecule has 0 amide bonds. The lowest BCUT2D eigenvalue weighted by atomic mass is 10.2. The fourth-order valence-corrected chi connectivity index (χ4v) is 3.22. The monoisotopic (exact) mass is 298 g/mol. The van der Waals surface area contributed by atoms with Crippen LogP contribution in [0.15, 0.2) is 28.0 Å². The lowest BCUT2D eigenvalue weighted by Crippen LogP contribution is -2.29. The number of fused-ring (bicyclic) bond motifs is 1. The molecular weight excluding hydrogens is 291 g/mol. The van der Waals surface area contributed by atoms with E-state index in [0.717, 1.165) is 10.4 Å². The van der Waals surface area contributed by atoms with Crippen LogP contribution in [0.3, 0.4) is 0 Å². The van der Waals surface area contributed by atoms with Crippen molar-refractivity contribution >= 4 is 40.6 Å². The molecule has 92 valence electrons. The Kier molecular flexibility index (Phi) is 3.01. The molecule has 2 aromatic rings. The first-order chi connectivity index (χ1) is 8.66. The predicted octanol–water partition coefficient (Wildman–Crippen LogP) is 1.68. The van der Waals surface area contributed by atoms with Crippen LogP contribution < -0.4 is 14.9 Å². The molecule has 3 rings (SSSR count). The Hall–Kier alpha value is -1.10. The van der Waals surface area contributed by atoms with Gasteiger partial charge in [-0.3, -0.25) is 14.4 Å². The maximum atomic E-state index is 12.1. The van der Waals surface area contributed by atoms with Crippen LogP contribution in [0.5, 0.6) is 0 Å². The van der Waals surface area contributed by atoms with Gasteiger partial charge in [0, 0.05) is 6.54 Å². The van der Waals surface area contributed by atoms with E-state index in [0.29, 0.717) is 27.7 Å². The van der Waals surface area contributed by atoms with Crippen LogP contribution in [0.25, 0.3) is 6.08 Å². The van der Waals surface area contributed by atoms with Crippen molar-refractivity contribution < 1.29 is 0 Å². The minimum Gasteiger partial charge on any atom is -0.282 e. The second kappa shape index (κ2) is 4.53.